The van der Waals surface area contributed by atoms with E-state index in [1.807, 2.05) is 35.3 Å². The van der Waals surface area contributed by atoms with Crippen molar-refractivity contribution in [3.63, 3.8) is 0 Å². The van der Waals surface area contributed by atoms with E-state index >= 15 is 0 Å². The molecule has 0 radical (unpaired) electrons. The summed E-state index contributed by atoms with van der Waals surface area (Å²) in [4.78, 5) is 0. The first-order chi connectivity index (χ1) is 9.35. The van der Waals surface area contributed by atoms with Gasteiger partial charge in [0.15, 0.2) is 0 Å². The van der Waals surface area contributed by atoms with E-state index in [0.29, 0.717) is 16.6 Å². The van der Waals surface area contributed by atoms with E-state index in [-0.39, 0.29) is 5.54 Å². The molecular formula is C15H19Cl2N3. The topological polar surface area (TPSA) is 29.9 Å². The molecule has 1 N–H and O–H groups in total. The van der Waals surface area contributed by atoms with E-state index in [1.54, 1.807) is 0 Å². The van der Waals surface area contributed by atoms with Crippen LogP contribution in [0.3, 0.4) is 0 Å². The highest BCUT2D eigenvalue weighted by atomic mass is 35.5. The average Bonchev–Trinajstić information content (AvgIpc) is 2.79. The third-order valence-corrected chi connectivity index (χ3v) is 3.60. The minimum atomic E-state index is 0.0914. The molecule has 0 amide bonds. The van der Waals surface area contributed by atoms with E-state index < -0.39 is 0 Å². The Balaban J connectivity index is 2.06. The van der Waals surface area contributed by atoms with Crippen LogP contribution >= 0.6 is 23.2 Å². The number of halogens is 2. The van der Waals surface area contributed by atoms with Crippen molar-refractivity contribution in [1.29, 1.82) is 0 Å². The first kappa shape index (κ1) is 15.4. The molecule has 0 bridgehead atoms. The van der Waals surface area contributed by atoms with Crippen molar-refractivity contribution in [3.8, 4) is 0 Å². The summed E-state index contributed by atoms with van der Waals surface area (Å²) in [5, 5.41) is 9.12. The Labute approximate surface area is 129 Å². The van der Waals surface area contributed by atoms with Crippen molar-refractivity contribution in [2.24, 2.45) is 0 Å². The van der Waals surface area contributed by atoms with Gasteiger partial charge < -0.3 is 5.32 Å². The summed E-state index contributed by atoms with van der Waals surface area (Å²) in [7, 11) is 0. The van der Waals surface area contributed by atoms with E-state index in [9.17, 15) is 0 Å². The van der Waals surface area contributed by atoms with E-state index in [2.05, 4.69) is 31.2 Å². The van der Waals surface area contributed by atoms with Crippen LogP contribution in [0.4, 0.5) is 0 Å². The number of rotatable bonds is 4. The summed E-state index contributed by atoms with van der Waals surface area (Å²) in [6.07, 6.45) is 3.88. The number of nitrogens with zero attached hydrogens (tertiary/aromatic N) is 2. The molecule has 20 heavy (non-hydrogen) atoms. The van der Waals surface area contributed by atoms with E-state index in [4.69, 9.17) is 23.2 Å². The van der Waals surface area contributed by atoms with Crippen LogP contribution in [-0.2, 0) is 13.1 Å². The second kappa shape index (κ2) is 6.17. The van der Waals surface area contributed by atoms with E-state index in [1.165, 1.54) is 0 Å². The lowest BCUT2D eigenvalue weighted by Gasteiger charge is -2.19. The fourth-order valence-electron chi connectivity index (χ4n) is 1.80. The van der Waals surface area contributed by atoms with Gasteiger partial charge in [-0.1, -0.05) is 29.3 Å². The fraction of sp³-hybridized carbons (Fsp3) is 0.400. The molecule has 0 aliphatic heterocycles. The summed E-state index contributed by atoms with van der Waals surface area (Å²) >= 11 is 12.3. The molecule has 1 aromatic carbocycles. The Hall–Kier alpha value is -1.03. The predicted molar refractivity (Wildman–Crippen MR) is 84.4 cm³/mol. The van der Waals surface area contributed by atoms with Crippen molar-refractivity contribution in [3.05, 3.63) is 51.8 Å². The number of aromatic nitrogens is 2. The maximum Gasteiger partial charge on any atom is 0.0688 e. The number of hydrogen-bond acceptors (Lipinski definition) is 2. The van der Waals surface area contributed by atoms with Crippen LogP contribution < -0.4 is 5.32 Å². The molecule has 108 valence electrons. The normalized spacial score (nSPS) is 11.8. The van der Waals surface area contributed by atoms with E-state index in [0.717, 1.165) is 17.7 Å². The molecule has 0 saturated heterocycles. The number of nitrogens with one attached hydrogen (secondary N) is 1. The maximum atomic E-state index is 6.17. The fourth-order valence-corrected chi connectivity index (χ4v) is 2.31. The summed E-state index contributed by atoms with van der Waals surface area (Å²) in [5.74, 6) is 0. The standard InChI is InChI=1S/C15H19Cl2N3/c1-15(2,3)18-7-11-8-19-20(9-11)10-12-13(16)5-4-6-14(12)17/h4-6,8-9,18H,7,10H2,1-3H3. The Kier molecular flexibility index (Phi) is 4.74. The molecule has 1 aromatic heterocycles. The van der Waals surface area contributed by atoms with Crippen LogP contribution in [0.5, 0.6) is 0 Å². The zero-order valence-electron chi connectivity index (χ0n) is 12.0. The zero-order valence-corrected chi connectivity index (χ0v) is 13.5. The summed E-state index contributed by atoms with van der Waals surface area (Å²) in [6.45, 7) is 7.79. The molecule has 0 aliphatic rings. The van der Waals surface area contributed by atoms with Crippen molar-refractivity contribution in [2.45, 2.75) is 39.4 Å². The maximum absolute atomic E-state index is 6.17. The molecule has 0 saturated carbocycles. The Morgan fingerprint density at radius 2 is 1.85 bits per heavy atom. The van der Waals surface area contributed by atoms with Gasteiger partial charge in [0.25, 0.3) is 0 Å². The molecule has 2 rings (SSSR count). The third-order valence-electron chi connectivity index (χ3n) is 2.89. The highest BCUT2D eigenvalue weighted by Gasteiger charge is 2.10. The van der Waals surface area contributed by atoms with Gasteiger partial charge in [0.1, 0.15) is 0 Å². The monoisotopic (exact) mass is 311 g/mol. The van der Waals surface area contributed by atoms with Gasteiger partial charge in [-0.15, -0.1) is 0 Å². The molecule has 0 fully saturated rings. The van der Waals surface area contributed by atoms with Crippen molar-refractivity contribution in [2.75, 3.05) is 0 Å². The molecular weight excluding hydrogens is 293 g/mol. The van der Waals surface area contributed by atoms with Gasteiger partial charge >= 0.3 is 0 Å². The van der Waals surface area contributed by atoms with Crippen molar-refractivity contribution in [1.82, 2.24) is 15.1 Å². The summed E-state index contributed by atoms with van der Waals surface area (Å²) in [5.41, 5.74) is 2.13. The molecule has 0 aliphatic carbocycles. The molecule has 0 spiro atoms. The van der Waals surface area contributed by atoms with Crippen molar-refractivity contribution >= 4 is 23.2 Å². The van der Waals surface area contributed by atoms with Gasteiger partial charge in [-0.25, -0.2) is 0 Å². The van der Waals surface area contributed by atoms with Gasteiger partial charge in [-0.3, -0.25) is 4.68 Å². The van der Waals surface area contributed by atoms with Gasteiger partial charge in [0.05, 0.1) is 12.7 Å². The SMILES string of the molecule is CC(C)(C)NCc1cnn(Cc2c(Cl)cccc2Cl)c1. The molecule has 3 nitrogen and oxygen atoms in total. The molecule has 1 heterocycles. The Morgan fingerprint density at radius 1 is 1.20 bits per heavy atom. The van der Waals surface area contributed by atoms with Crippen LogP contribution in [0.15, 0.2) is 30.6 Å². The molecule has 2 aromatic rings. The molecule has 0 unspecified atom stereocenters. The summed E-state index contributed by atoms with van der Waals surface area (Å²) in [6, 6.07) is 5.53. The minimum absolute atomic E-state index is 0.0914. The lowest BCUT2D eigenvalue weighted by atomic mass is 10.1. The zero-order chi connectivity index (χ0) is 14.8. The lowest BCUT2D eigenvalue weighted by molar-refractivity contribution is 0.424. The van der Waals surface area contributed by atoms with Gasteiger partial charge in [-0.05, 0) is 32.9 Å². The predicted octanol–water partition coefficient (Wildman–Crippen LogP) is 4.13. The summed E-state index contributed by atoms with van der Waals surface area (Å²) < 4.78 is 1.85. The van der Waals surface area contributed by atoms with Crippen LogP contribution in [-0.4, -0.2) is 15.3 Å². The first-order valence-corrected chi connectivity index (χ1v) is 7.30. The van der Waals surface area contributed by atoms with Crippen LogP contribution in [0.1, 0.15) is 31.9 Å². The Morgan fingerprint density at radius 3 is 2.45 bits per heavy atom. The number of hydrogen-bond donors (Lipinski definition) is 1. The minimum Gasteiger partial charge on any atom is -0.308 e. The van der Waals surface area contributed by atoms with Gasteiger partial charge in [0, 0.05) is 39.5 Å². The van der Waals surface area contributed by atoms with Crippen LogP contribution in [0, 0.1) is 0 Å². The van der Waals surface area contributed by atoms with Crippen LogP contribution in [0.2, 0.25) is 10.0 Å². The third kappa shape index (κ3) is 4.23. The smallest absolute Gasteiger partial charge is 0.0688 e. The first-order valence-electron chi connectivity index (χ1n) is 6.54. The quantitative estimate of drug-likeness (QED) is 0.920. The van der Waals surface area contributed by atoms with Crippen molar-refractivity contribution < 1.29 is 0 Å². The largest absolute Gasteiger partial charge is 0.308 e. The lowest BCUT2D eigenvalue weighted by Crippen LogP contribution is -2.34. The van der Waals surface area contributed by atoms with Gasteiger partial charge in [-0.2, -0.15) is 5.10 Å². The average molecular weight is 312 g/mol. The molecule has 0 atom stereocenters. The highest BCUT2D eigenvalue weighted by molar-refractivity contribution is 6.35. The second-order valence-corrected chi connectivity index (χ2v) is 6.66. The molecule has 5 heteroatoms. The highest BCUT2D eigenvalue weighted by Crippen LogP contribution is 2.24. The number of benzene rings is 1. The van der Waals surface area contributed by atoms with Crippen LogP contribution in [0.25, 0.3) is 0 Å². The second-order valence-electron chi connectivity index (χ2n) is 5.85. The van der Waals surface area contributed by atoms with Gasteiger partial charge in [0.2, 0.25) is 0 Å². The Bertz CT molecular complexity index is 565.